The number of nitrogens with zero attached hydrogens (tertiary/aromatic N) is 5. The van der Waals surface area contributed by atoms with Gasteiger partial charge in [-0.1, -0.05) is 49.4 Å². The highest BCUT2D eigenvalue weighted by molar-refractivity contribution is 8.17. The topological polar surface area (TPSA) is 91.4 Å². The molecule has 2 aliphatic rings. The predicted octanol–water partition coefficient (Wildman–Crippen LogP) is 5.50. The second-order valence-electron chi connectivity index (χ2n) is 7.85. The van der Waals surface area contributed by atoms with Crippen LogP contribution in [0, 0.1) is 10.1 Å². The number of Topliss-reactive ketones (excluding diaryl/α,β-unsaturated/α-hetero) is 1. The summed E-state index contributed by atoms with van der Waals surface area (Å²) in [4.78, 5) is 22.3. The molecule has 34 heavy (non-hydrogen) atoms. The number of hydrogen-bond acceptors (Lipinski definition) is 8. The van der Waals surface area contributed by atoms with E-state index in [2.05, 4.69) is 6.92 Å². The van der Waals surface area contributed by atoms with Crippen molar-refractivity contribution in [1.82, 2.24) is 0 Å². The minimum absolute atomic E-state index is 0.0179. The first-order valence-electron chi connectivity index (χ1n) is 10.8. The third-order valence-corrected chi connectivity index (χ3v) is 7.17. The average molecular weight is 472 g/mol. The van der Waals surface area contributed by atoms with Gasteiger partial charge < -0.3 is 0 Å². The van der Waals surface area contributed by atoms with Gasteiger partial charge in [-0.3, -0.25) is 14.9 Å². The first-order chi connectivity index (χ1) is 16.5. The van der Waals surface area contributed by atoms with Crippen LogP contribution in [0.1, 0.15) is 31.4 Å². The van der Waals surface area contributed by atoms with Gasteiger partial charge in [-0.25, -0.2) is 10.0 Å². The molecule has 2 aliphatic heterocycles. The number of nitro benzene ring substituents is 1. The fourth-order valence-electron chi connectivity index (χ4n) is 4.19. The summed E-state index contributed by atoms with van der Waals surface area (Å²) in [5.74, 6) is -0.162. The number of thioether (sulfide) groups is 1. The van der Waals surface area contributed by atoms with Crippen LogP contribution in [0.2, 0.25) is 0 Å². The van der Waals surface area contributed by atoms with Gasteiger partial charge in [0.2, 0.25) is 4.99 Å². The normalized spacial score (nSPS) is 19.0. The van der Waals surface area contributed by atoms with Gasteiger partial charge in [0.25, 0.3) is 5.69 Å². The number of nitro groups is 1. The molecule has 5 rings (SSSR count). The number of non-ortho nitro benzene ring substituents is 1. The van der Waals surface area contributed by atoms with Crippen molar-refractivity contribution in [1.29, 1.82) is 0 Å². The van der Waals surface area contributed by atoms with Crippen molar-refractivity contribution < 1.29 is 9.72 Å². The highest BCUT2D eigenvalue weighted by Gasteiger charge is 2.55. The largest absolute Gasteiger partial charge is 0.292 e. The van der Waals surface area contributed by atoms with E-state index in [0.717, 1.165) is 28.9 Å². The summed E-state index contributed by atoms with van der Waals surface area (Å²) in [6, 6.07) is 23.9. The summed E-state index contributed by atoms with van der Waals surface area (Å²) in [6.45, 7) is 3.55. The Labute approximate surface area is 200 Å². The number of para-hydroxylation sites is 1. The number of rotatable bonds is 5. The lowest BCUT2D eigenvalue weighted by Crippen LogP contribution is -2.53. The molecule has 3 aromatic rings. The molecule has 0 unspecified atom stereocenters. The highest BCUT2D eigenvalue weighted by Crippen LogP contribution is 2.54. The van der Waals surface area contributed by atoms with Crippen LogP contribution < -0.4 is 10.0 Å². The Bertz CT molecular complexity index is 1340. The Morgan fingerprint density at radius 3 is 2.21 bits per heavy atom. The van der Waals surface area contributed by atoms with Gasteiger partial charge in [0.1, 0.15) is 0 Å². The minimum Gasteiger partial charge on any atom is -0.292 e. The zero-order valence-electron chi connectivity index (χ0n) is 18.6. The maximum Gasteiger partial charge on any atom is 0.269 e. The standard InChI is InChI=1S/C25H21N5O3S/c1-3-23-21-11-7-8-12-22(21)25(28(26-23)18-9-5-4-6-10-18)29(27-24(34-25)17(2)31)19-13-15-20(16-14-19)30(32)33/h4-16H,3H2,1-2H3/t25-/m0/s1. The first-order valence-corrected chi connectivity index (χ1v) is 11.6. The maximum absolute atomic E-state index is 12.5. The minimum atomic E-state index is -1.03. The summed E-state index contributed by atoms with van der Waals surface area (Å²) in [6.07, 6.45) is 0.721. The second-order valence-corrected chi connectivity index (χ2v) is 9.01. The molecule has 0 radical (unpaired) electrons. The van der Waals surface area contributed by atoms with Crippen LogP contribution in [0.15, 0.2) is 89.1 Å². The molecule has 9 heteroatoms. The van der Waals surface area contributed by atoms with E-state index < -0.39 is 9.92 Å². The van der Waals surface area contributed by atoms with Gasteiger partial charge in [-0.2, -0.15) is 10.2 Å². The third-order valence-electron chi connectivity index (χ3n) is 5.76. The molecule has 0 saturated carbocycles. The van der Waals surface area contributed by atoms with Gasteiger partial charge in [-0.05, 0) is 42.4 Å². The zero-order chi connectivity index (χ0) is 23.9. The molecule has 1 spiro atoms. The Balaban J connectivity index is 1.79. The Hall–Kier alpha value is -3.98. The van der Waals surface area contributed by atoms with Gasteiger partial charge in [-0.15, -0.1) is 0 Å². The smallest absolute Gasteiger partial charge is 0.269 e. The van der Waals surface area contributed by atoms with Crippen molar-refractivity contribution in [3.8, 4) is 0 Å². The third kappa shape index (κ3) is 3.36. The molecular formula is C25H21N5O3S. The number of carbonyl (C=O) groups is 1. The van der Waals surface area contributed by atoms with Crippen LogP contribution in [-0.2, 0) is 9.79 Å². The van der Waals surface area contributed by atoms with E-state index in [1.807, 2.05) is 59.6 Å². The van der Waals surface area contributed by atoms with E-state index in [0.29, 0.717) is 10.7 Å². The number of fused-ring (bicyclic) bond motifs is 2. The number of benzene rings is 3. The van der Waals surface area contributed by atoms with Crippen molar-refractivity contribution in [3.63, 3.8) is 0 Å². The zero-order valence-corrected chi connectivity index (χ0v) is 19.4. The summed E-state index contributed by atoms with van der Waals surface area (Å²) in [5, 5.41) is 25.0. The number of carbonyl (C=O) groups excluding carboxylic acids is 1. The monoisotopic (exact) mass is 471 g/mol. The van der Waals surface area contributed by atoms with E-state index in [-0.39, 0.29) is 11.5 Å². The van der Waals surface area contributed by atoms with Gasteiger partial charge in [0.15, 0.2) is 10.8 Å². The number of anilines is 2. The predicted molar refractivity (Wildman–Crippen MR) is 135 cm³/mol. The lowest BCUT2D eigenvalue weighted by molar-refractivity contribution is -0.384. The van der Waals surface area contributed by atoms with E-state index in [9.17, 15) is 14.9 Å². The SMILES string of the molecule is CCC1=NN(c2ccccc2)[C@@]2(SC(C(C)=O)=NN2c2ccc([N+](=O)[O-])cc2)c2ccccc21. The van der Waals surface area contributed by atoms with Crippen LogP contribution in [0.3, 0.4) is 0 Å². The molecule has 0 aromatic heterocycles. The van der Waals surface area contributed by atoms with E-state index in [1.165, 1.54) is 30.8 Å². The molecule has 1 atom stereocenters. The fraction of sp³-hybridized carbons (Fsp3) is 0.160. The van der Waals surface area contributed by atoms with Crippen molar-refractivity contribution in [2.45, 2.75) is 25.3 Å². The number of ketones is 1. The van der Waals surface area contributed by atoms with Crippen molar-refractivity contribution in [2.24, 2.45) is 10.2 Å². The van der Waals surface area contributed by atoms with Crippen molar-refractivity contribution in [2.75, 3.05) is 10.0 Å². The highest BCUT2D eigenvalue weighted by atomic mass is 32.2. The van der Waals surface area contributed by atoms with Gasteiger partial charge in [0.05, 0.1) is 22.0 Å². The lowest BCUT2D eigenvalue weighted by atomic mass is 9.96. The molecule has 3 aromatic carbocycles. The molecule has 0 saturated heterocycles. The maximum atomic E-state index is 12.5. The van der Waals surface area contributed by atoms with Gasteiger partial charge in [0, 0.05) is 30.2 Å². The molecule has 2 heterocycles. The lowest BCUT2D eigenvalue weighted by Gasteiger charge is -2.47. The summed E-state index contributed by atoms with van der Waals surface area (Å²) < 4.78 is 0. The summed E-state index contributed by atoms with van der Waals surface area (Å²) in [7, 11) is 0. The van der Waals surface area contributed by atoms with E-state index >= 15 is 0 Å². The van der Waals surface area contributed by atoms with E-state index in [1.54, 1.807) is 17.1 Å². The summed E-state index contributed by atoms with van der Waals surface area (Å²) in [5.41, 5.74) is 4.27. The summed E-state index contributed by atoms with van der Waals surface area (Å²) >= 11 is 1.32. The fourth-order valence-corrected chi connectivity index (χ4v) is 5.48. The Morgan fingerprint density at radius 1 is 0.941 bits per heavy atom. The molecule has 0 bridgehead atoms. The second kappa shape index (κ2) is 8.42. The number of hydrazone groups is 2. The van der Waals surface area contributed by atoms with Crippen LogP contribution in [0.5, 0.6) is 0 Å². The van der Waals surface area contributed by atoms with Crippen molar-refractivity contribution in [3.05, 3.63) is 100 Å². The quantitative estimate of drug-likeness (QED) is 0.361. The van der Waals surface area contributed by atoms with Crippen LogP contribution in [0.4, 0.5) is 17.1 Å². The van der Waals surface area contributed by atoms with Crippen LogP contribution in [0.25, 0.3) is 0 Å². The first kappa shape index (κ1) is 21.8. The van der Waals surface area contributed by atoms with Crippen LogP contribution in [-0.4, -0.2) is 21.5 Å². The molecule has 0 aliphatic carbocycles. The molecule has 0 amide bonds. The Morgan fingerprint density at radius 2 is 1.56 bits per heavy atom. The average Bonchev–Trinajstić information content (AvgIpc) is 3.26. The number of hydrogen-bond donors (Lipinski definition) is 0. The van der Waals surface area contributed by atoms with Gasteiger partial charge >= 0.3 is 0 Å². The molecule has 8 nitrogen and oxygen atoms in total. The molecular weight excluding hydrogens is 450 g/mol. The van der Waals surface area contributed by atoms with E-state index in [4.69, 9.17) is 10.2 Å². The Kier molecular flexibility index (Phi) is 5.41. The molecule has 0 N–H and O–H groups in total. The molecule has 0 fully saturated rings. The molecule has 170 valence electrons. The van der Waals surface area contributed by atoms with Crippen molar-refractivity contribution >= 4 is 45.4 Å². The van der Waals surface area contributed by atoms with Crippen LogP contribution >= 0.6 is 11.8 Å².